The summed E-state index contributed by atoms with van der Waals surface area (Å²) in [7, 11) is 1.53. The summed E-state index contributed by atoms with van der Waals surface area (Å²) in [4.78, 5) is 0. The first-order chi connectivity index (χ1) is 7.22. The highest BCUT2D eigenvalue weighted by atomic mass is 19.1. The van der Waals surface area contributed by atoms with Crippen LogP contribution in [0.1, 0.15) is 30.9 Å². The fourth-order valence-electron chi connectivity index (χ4n) is 1.96. The van der Waals surface area contributed by atoms with E-state index in [1.807, 2.05) is 0 Å². The van der Waals surface area contributed by atoms with Gasteiger partial charge in [0.1, 0.15) is 11.6 Å². The van der Waals surface area contributed by atoms with Crippen molar-refractivity contribution in [1.29, 1.82) is 0 Å². The molecule has 1 saturated carbocycles. The molecule has 1 aromatic carbocycles. The molecule has 2 rings (SSSR count). The first-order valence-corrected chi connectivity index (χ1v) is 5.31. The first-order valence-electron chi connectivity index (χ1n) is 5.31. The molecular weight excluding hydrogens is 193 g/mol. The van der Waals surface area contributed by atoms with Gasteiger partial charge < -0.3 is 10.5 Å². The highest BCUT2D eigenvalue weighted by Crippen LogP contribution is 2.37. The average molecular weight is 209 g/mol. The van der Waals surface area contributed by atoms with Crippen LogP contribution in [-0.2, 0) is 0 Å². The number of hydrogen-bond donors (Lipinski definition) is 1. The standard InChI is InChI=1S/C12H16FNO/c1-15-9-5-6-10(11(13)7-9)12(14)8-3-2-4-8/h5-8,12H,2-4,14H2,1H3/t12-/m1/s1. The maximum absolute atomic E-state index is 13.6. The molecule has 0 heterocycles. The minimum atomic E-state index is -0.256. The van der Waals surface area contributed by atoms with Crippen LogP contribution in [0.15, 0.2) is 18.2 Å². The molecule has 1 atom stereocenters. The third-order valence-electron chi connectivity index (χ3n) is 3.22. The molecule has 0 radical (unpaired) electrons. The molecule has 15 heavy (non-hydrogen) atoms. The normalized spacial score (nSPS) is 18.3. The van der Waals surface area contributed by atoms with Crippen LogP contribution in [-0.4, -0.2) is 7.11 Å². The number of nitrogens with two attached hydrogens (primary N) is 1. The summed E-state index contributed by atoms with van der Waals surface area (Å²) in [6, 6.07) is 4.73. The Morgan fingerprint density at radius 3 is 2.67 bits per heavy atom. The van der Waals surface area contributed by atoms with Crippen molar-refractivity contribution in [1.82, 2.24) is 0 Å². The number of ether oxygens (including phenoxy) is 1. The molecule has 2 nitrogen and oxygen atoms in total. The third-order valence-corrected chi connectivity index (χ3v) is 3.22. The Balaban J connectivity index is 2.19. The van der Waals surface area contributed by atoms with Crippen molar-refractivity contribution in [3.05, 3.63) is 29.6 Å². The van der Waals surface area contributed by atoms with Crippen molar-refractivity contribution in [2.24, 2.45) is 11.7 Å². The van der Waals surface area contributed by atoms with E-state index < -0.39 is 0 Å². The molecule has 0 bridgehead atoms. The van der Waals surface area contributed by atoms with E-state index in [4.69, 9.17) is 10.5 Å². The molecular formula is C12H16FNO. The molecule has 1 aliphatic rings. The molecule has 0 amide bonds. The predicted octanol–water partition coefficient (Wildman–Crippen LogP) is 2.63. The van der Waals surface area contributed by atoms with Crippen molar-refractivity contribution in [3.63, 3.8) is 0 Å². The van der Waals surface area contributed by atoms with E-state index in [-0.39, 0.29) is 11.9 Å². The lowest BCUT2D eigenvalue weighted by molar-refractivity contribution is 0.260. The van der Waals surface area contributed by atoms with Crippen LogP contribution in [0.25, 0.3) is 0 Å². The van der Waals surface area contributed by atoms with Gasteiger partial charge in [0.25, 0.3) is 0 Å². The third kappa shape index (κ3) is 1.97. The topological polar surface area (TPSA) is 35.2 Å². The SMILES string of the molecule is COc1ccc([C@H](N)C2CCC2)c(F)c1. The van der Waals surface area contributed by atoms with E-state index in [0.717, 1.165) is 12.8 Å². The second-order valence-corrected chi connectivity index (χ2v) is 4.10. The van der Waals surface area contributed by atoms with Gasteiger partial charge in [0, 0.05) is 17.7 Å². The van der Waals surface area contributed by atoms with Gasteiger partial charge >= 0.3 is 0 Å². The Morgan fingerprint density at radius 1 is 1.47 bits per heavy atom. The first kappa shape index (κ1) is 10.4. The summed E-state index contributed by atoms with van der Waals surface area (Å²) in [6.07, 6.45) is 3.45. The minimum absolute atomic E-state index is 0.162. The summed E-state index contributed by atoms with van der Waals surface area (Å²) in [5.41, 5.74) is 6.62. The molecule has 0 saturated heterocycles. The zero-order valence-corrected chi connectivity index (χ0v) is 8.87. The minimum Gasteiger partial charge on any atom is -0.497 e. The summed E-state index contributed by atoms with van der Waals surface area (Å²) >= 11 is 0. The number of hydrogen-bond acceptors (Lipinski definition) is 2. The molecule has 0 aliphatic heterocycles. The highest BCUT2D eigenvalue weighted by molar-refractivity contribution is 5.31. The van der Waals surface area contributed by atoms with Crippen LogP contribution < -0.4 is 10.5 Å². The second kappa shape index (κ2) is 4.19. The average Bonchev–Trinajstić information content (AvgIpc) is 2.14. The molecule has 3 heteroatoms. The fraction of sp³-hybridized carbons (Fsp3) is 0.500. The molecule has 1 aromatic rings. The number of benzene rings is 1. The van der Waals surface area contributed by atoms with Gasteiger partial charge in [-0.2, -0.15) is 0 Å². The van der Waals surface area contributed by atoms with E-state index in [2.05, 4.69) is 0 Å². The van der Waals surface area contributed by atoms with Gasteiger partial charge in [0.2, 0.25) is 0 Å². The molecule has 0 aromatic heterocycles. The summed E-state index contributed by atoms with van der Waals surface area (Å²) < 4.78 is 18.6. The predicted molar refractivity (Wildman–Crippen MR) is 57.2 cm³/mol. The van der Waals surface area contributed by atoms with Gasteiger partial charge in [-0.15, -0.1) is 0 Å². The Hall–Kier alpha value is -1.09. The molecule has 0 spiro atoms. The van der Waals surface area contributed by atoms with Crippen LogP contribution in [0.4, 0.5) is 4.39 Å². The van der Waals surface area contributed by atoms with Crippen LogP contribution in [0.3, 0.4) is 0 Å². The van der Waals surface area contributed by atoms with E-state index in [0.29, 0.717) is 17.2 Å². The summed E-state index contributed by atoms with van der Waals surface area (Å²) in [5, 5.41) is 0. The van der Waals surface area contributed by atoms with Crippen LogP contribution in [0.5, 0.6) is 5.75 Å². The molecule has 0 unspecified atom stereocenters. The summed E-state index contributed by atoms with van der Waals surface area (Å²) in [6.45, 7) is 0. The van der Waals surface area contributed by atoms with Crippen molar-refractivity contribution < 1.29 is 9.13 Å². The van der Waals surface area contributed by atoms with Crippen LogP contribution >= 0.6 is 0 Å². The van der Waals surface area contributed by atoms with Gasteiger partial charge in [0.15, 0.2) is 0 Å². The van der Waals surface area contributed by atoms with Gasteiger partial charge in [-0.3, -0.25) is 0 Å². The largest absolute Gasteiger partial charge is 0.497 e. The van der Waals surface area contributed by atoms with E-state index in [1.54, 1.807) is 12.1 Å². The lowest BCUT2D eigenvalue weighted by Gasteiger charge is -2.31. The maximum Gasteiger partial charge on any atom is 0.131 e. The smallest absolute Gasteiger partial charge is 0.131 e. The zero-order valence-electron chi connectivity index (χ0n) is 8.87. The monoisotopic (exact) mass is 209 g/mol. The highest BCUT2D eigenvalue weighted by Gasteiger charge is 2.27. The van der Waals surface area contributed by atoms with Gasteiger partial charge in [-0.05, 0) is 24.8 Å². The molecule has 1 fully saturated rings. The van der Waals surface area contributed by atoms with E-state index in [9.17, 15) is 4.39 Å². The number of halogens is 1. The van der Waals surface area contributed by atoms with E-state index >= 15 is 0 Å². The number of rotatable bonds is 3. The Labute approximate surface area is 89.2 Å². The molecule has 82 valence electrons. The Morgan fingerprint density at radius 2 is 2.20 bits per heavy atom. The van der Waals surface area contributed by atoms with Crippen molar-refractivity contribution in [2.75, 3.05) is 7.11 Å². The lowest BCUT2D eigenvalue weighted by Crippen LogP contribution is -2.27. The van der Waals surface area contributed by atoms with Crippen LogP contribution in [0.2, 0.25) is 0 Å². The Kier molecular flexibility index (Phi) is 2.91. The molecule has 1 aliphatic carbocycles. The van der Waals surface area contributed by atoms with E-state index in [1.165, 1.54) is 19.6 Å². The van der Waals surface area contributed by atoms with Gasteiger partial charge in [-0.1, -0.05) is 12.5 Å². The second-order valence-electron chi connectivity index (χ2n) is 4.10. The lowest BCUT2D eigenvalue weighted by atomic mass is 9.77. The summed E-state index contributed by atoms with van der Waals surface area (Å²) in [5.74, 6) is 0.735. The van der Waals surface area contributed by atoms with Crippen molar-refractivity contribution >= 4 is 0 Å². The molecule has 2 N–H and O–H groups in total. The fourth-order valence-corrected chi connectivity index (χ4v) is 1.96. The maximum atomic E-state index is 13.6. The quantitative estimate of drug-likeness (QED) is 0.830. The van der Waals surface area contributed by atoms with Crippen LogP contribution in [0, 0.1) is 11.7 Å². The number of methoxy groups -OCH3 is 1. The van der Waals surface area contributed by atoms with Crippen molar-refractivity contribution in [2.45, 2.75) is 25.3 Å². The zero-order chi connectivity index (χ0) is 10.8. The van der Waals surface area contributed by atoms with Crippen molar-refractivity contribution in [3.8, 4) is 5.75 Å². The van der Waals surface area contributed by atoms with Gasteiger partial charge in [-0.25, -0.2) is 4.39 Å². The van der Waals surface area contributed by atoms with Gasteiger partial charge in [0.05, 0.1) is 7.11 Å². The Bertz CT molecular complexity index is 349.